The summed E-state index contributed by atoms with van der Waals surface area (Å²) in [5, 5.41) is 0.544. The van der Waals surface area contributed by atoms with Crippen molar-refractivity contribution in [3.05, 3.63) is 62.4 Å². The third kappa shape index (κ3) is 2.38. The Morgan fingerprint density at radius 3 is 2.35 bits per heavy atom. The highest BCUT2D eigenvalue weighted by molar-refractivity contribution is 6.68. The number of carbonyl (C=O) groups is 3. The molecule has 8 heteroatoms. The van der Waals surface area contributed by atoms with Crippen LogP contribution in [0.1, 0.15) is 32.0 Å². The highest BCUT2D eigenvalue weighted by Crippen LogP contribution is 2.32. The van der Waals surface area contributed by atoms with E-state index in [1.165, 1.54) is 24.5 Å². The maximum absolute atomic E-state index is 12.6. The fraction of sp³-hybridized carbons (Fsp3) is 0. The van der Waals surface area contributed by atoms with Gasteiger partial charge in [-0.3, -0.25) is 14.4 Å². The maximum Gasteiger partial charge on any atom is 0.236 e. The number of halogens is 2. The topological polar surface area (TPSA) is 64.3 Å². The van der Waals surface area contributed by atoms with E-state index in [1.54, 1.807) is 15.7 Å². The molecule has 0 bridgehead atoms. The van der Waals surface area contributed by atoms with Crippen molar-refractivity contribution in [3.8, 4) is 0 Å². The second kappa shape index (κ2) is 5.55. The Labute approximate surface area is 143 Å². The van der Waals surface area contributed by atoms with Gasteiger partial charge in [0.2, 0.25) is 11.6 Å². The largest absolute Gasteiger partial charge is 0.464 e. The van der Waals surface area contributed by atoms with Gasteiger partial charge in [-0.1, -0.05) is 23.2 Å². The molecule has 0 spiro atoms. The van der Waals surface area contributed by atoms with Gasteiger partial charge in [-0.25, -0.2) is 0 Å². The Bertz CT molecular complexity index is 928. The molecule has 0 fully saturated rings. The zero-order valence-electron chi connectivity index (χ0n) is 12.2. The van der Waals surface area contributed by atoms with Crippen LogP contribution < -0.4 is 0 Å². The molecule has 1 aliphatic rings. The summed E-state index contributed by atoms with van der Waals surface area (Å²) in [7, 11) is 3.23. The molecule has 1 aromatic heterocycles. The predicted molar refractivity (Wildman–Crippen MR) is 91.9 cm³/mol. The second-order valence-corrected chi connectivity index (χ2v) is 6.03. The zero-order chi connectivity index (χ0) is 16.9. The minimum Gasteiger partial charge on any atom is -0.464 e. The predicted octanol–water partition coefficient (Wildman–Crippen LogP) is 1.52. The Kier molecular flexibility index (Phi) is 3.82. The van der Waals surface area contributed by atoms with Crippen molar-refractivity contribution in [2.45, 2.75) is 0 Å². The summed E-state index contributed by atoms with van der Waals surface area (Å²) in [5.41, 5.74) is 1.19. The molecular weight excluding hydrogens is 337 g/mol. The molecule has 0 saturated heterocycles. The number of hydrogen-bond acceptors (Lipinski definition) is 4. The van der Waals surface area contributed by atoms with Crippen LogP contribution in [-0.4, -0.2) is 33.0 Å². The van der Waals surface area contributed by atoms with E-state index >= 15 is 0 Å². The number of benzene rings is 1. The first-order valence-electron chi connectivity index (χ1n) is 6.71. The second-order valence-electron chi connectivity index (χ2n) is 5.22. The van der Waals surface area contributed by atoms with Crippen LogP contribution in [-0.2, 0) is 4.79 Å². The van der Waals surface area contributed by atoms with E-state index in [0.29, 0.717) is 16.0 Å². The quantitative estimate of drug-likeness (QED) is 0.471. The van der Waals surface area contributed by atoms with Crippen molar-refractivity contribution in [1.29, 1.82) is 0 Å². The molecule has 1 heterocycles. The van der Waals surface area contributed by atoms with Crippen molar-refractivity contribution >= 4 is 61.7 Å². The normalized spacial score (nSPS) is 14.2. The van der Waals surface area contributed by atoms with Gasteiger partial charge in [0.25, 0.3) is 0 Å². The van der Waals surface area contributed by atoms with Crippen LogP contribution in [0.4, 0.5) is 0 Å². The Morgan fingerprint density at radius 2 is 1.70 bits per heavy atom. The van der Waals surface area contributed by atoms with Gasteiger partial charge in [0.05, 0.1) is 21.2 Å². The number of carbonyl (C=O) groups excluding carboxylic acids is 3. The number of Topliss-reactive ketones (excluding diaryl/α,β-unsaturated/α-hetero) is 2. The van der Waals surface area contributed by atoms with Crippen LogP contribution >= 0.6 is 23.2 Å². The summed E-state index contributed by atoms with van der Waals surface area (Å²) in [4.78, 5) is 36.9. The lowest BCUT2D eigenvalue weighted by Gasteiger charge is -2.13. The van der Waals surface area contributed by atoms with Gasteiger partial charge in [0, 0.05) is 5.56 Å². The van der Waals surface area contributed by atoms with Gasteiger partial charge >= 0.3 is 0 Å². The van der Waals surface area contributed by atoms with E-state index < -0.39 is 17.3 Å². The average Bonchev–Trinajstić information content (AvgIpc) is 2.97. The highest BCUT2D eigenvalue weighted by atomic mass is 35.5. The summed E-state index contributed by atoms with van der Waals surface area (Å²) in [6.07, 6.45) is 1.20. The first-order chi connectivity index (χ1) is 10.8. The van der Waals surface area contributed by atoms with Gasteiger partial charge in [-0.05, 0) is 29.1 Å². The van der Waals surface area contributed by atoms with Crippen LogP contribution in [0.15, 0.2) is 34.4 Å². The first-order valence-corrected chi connectivity index (χ1v) is 7.46. The standard InChI is InChI=1S/C15H8B2Cl2O4/c16-10-11(17)15-9(13(21)14(10)22)6(4-23-15)12(20)5-1-2-7(18)8(19)3-5/h1-4H,16-17H2. The van der Waals surface area contributed by atoms with Gasteiger partial charge in [0.15, 0.2) is 5.78 Å². The molecule has 23 heavy (non-hydrogen) atoms. The SMILES string of the molecule is BC1=C(B)c2occ(C(=O)c3ccc(Cl)c(Cl)c3)c2C(=O)C1=O. The molecule has 0 unspecified atom stereocenters. The highest BCUT2D eigenvalue weighted by Gasteiger charge is 2.35. The summed E-state index contributed by atoms with van der Waals surface area (Å²) >= 11 is 11.8. The van der Waals surface area contributed by atoms with Gasteiger partial charge in [0.1, 0.15) is 27.7 Å². The van der Waals surface area contributed by atoms with Gasteiger partial charge in [-0.15, -0.1) is 0 Å². The molecule has 1 aliphatic carbocycles. The number of furan rings is 1. The summed E-state index contributed by atoms with van der Waals surface area (Å²) < 4.78 is 5.37. The number of hydrogen-bond donors (Lipinski definition) is 0. The third-order valence-electron chi connectivity index (χ3n) is 3.89. The summed E-state index contributed by atoms with van der Waals surface area (Å²) in [6.45, 7) is 0. The maximum atomic E-state index is 12.6. The number of fused-ring (bicyclic) bond motifs is 1. The molecular formula is C15H8B2Cl2O4. The monoisotopic (exact) mass is 344 g/mol. The molecule has 112 valence electrons. The van der Waals surface area contributed by atoms with E-state index in [1.807, 2.05) is 0 Å². The summed E-state index contributed by atoms with van der Waals surface area (Å²) in [6, 6.07) is 4.40. The molecule has 0 N–H and O–H groups in total. The zero-order valence-corrected chi connectivity index (χ0v) is 13.7. The van der Waals surface area contributed by atoms with Crippen LogP contribution in [0, 0.1) is 0 Å². The van der Waals surface area contributed by atoms with Crippen LogP contribution in [0.2, 0.25) is 10.0 Å². The molecule has 0 aliphatic heterocycles. The Morgan fingerprint density at radius 1 is 1.00 bits per heavy atom. The molecule has 0 atom stereocenters. The minimum atomic E-state index is -0.736. The van der Waals surface area contributed by atoms with Crippen molar-refractivity contribution in [1.82, 2.24) is 0 Å². The molecule has 2 aromatic rings. The smallest absolute Gasteiger partial charge is 0.236 e. The van der Waals surface area contributed by atoms with Gasteiger partial charge in [-0.2, -0.15) is 0 Å². The first kappa shape index (κ1) is 15.8. The van der Waals surface area contributed by atoms with E-state index in [-0.39, 0.29) is 27.5 Å². The van der Waals surface area contributed by atoms with Crippen molar-refractivity contribution in [3.63, 3.8) is 0 Å². The number of ketones is 3. The van der Waals surface area contributed by atoms with Crippen LogP contribution in [0.5, 0.6) is 0 Å². The minimum absolute atomic E-state index is 0.00849. The van der Waals surface area contributed by atoms with E-state index in [0.717, 1.165) is 0 Å². The van der Waals surface area contributed by atoms with E-state index in [4.69, 9.17) is 27.6 Å². The molecule has 0 amide bonds. The third-order valence-corrected chi connectivity index (χ3v) is 4.63. The van der Waals surface area contributed by atoms with Crippen molar-refractivity contribution < 1.29 is 18.8 Å². The van der Waals surface area contributed by atoms with Crippen LogP contribution in [0.3, 0.4) is 0 Å². The van der Waals surface area contributed by atoms with Crippen molar-refractivity contribution in [2.75, 3.05) is 0 Å². The lowest BCUT2D eigenvalue weighted by atomic mass is 9.70. The summed E-state index contributed by atoms with van der Waals surface area (Å²) in [5.74, 6) is -1.56. The fourth-order valence-corrected chi connectivity index (χ4v) is 2.74. The Balaban J connectivity index is 2.15. The van der Waals surface area contributed by atoms with Gasteiger partial charge < -0.3 is 4.42 Å². The average molecular weight is 345 g/mol. The molecule has 0 saturated carbocycles. The molecule has 0 radical (unpaired) electrons. The van der Waals surface area contributed by atoms with Crippen molar-refractivity contribution in [2.24, 2.45) is 0 Å². The van der Waals surface area contributed by atoms with E-state index in [2.05, 4.69) is 0 Å². The molecule has 4 nitrogen and oxygen atoms in total. The fourth-order valence-electron chi connectivity index (χ4n) is 2.44. The molecule has 1 aromatic carbocycles. The van der Waals surface area contributed by atoms with Crippen LogP contribution in [0.25, 0.3) is 5.47 Å². The number of rotatable bonds is 2. The molecule has 3 rings (SSSR count). The van der Waals surface area contributed by atoms with E-state index in [9.17, 15) is 14.4 Å². The lowest BCUT2D eigenvalue weighted by molar-refractivity contribution is -0.111. The Hall–Kier alpha value is -2.04. The number of allylic oxidation sites excluding steroid dienone is 1. The lowest BCUT2D eigenvalue weighted by Crippen LogP contribution is -2.25.